The molecular formula is C10H15BrN2O2S. The van der Waals surface area contributed by atoms with Crippen LogP contribution >= 0.6 is 15.9 Å². The second kappa shape index (κ2) is 5.33. The second-order valence-electron chi connectivity index (χ2n) is 4.27. The fraction of sp³-hybridized carbons (Fsp3) is 0.600. The Hall–Kier alpha value is -0.330. The molecule has 0 aromatic carbocycles. The summed E-state index contributed by atoms with van der Waals surface area (Å²) in [6, 6.07) is 1.72. The molecule has 0 radical (unpaired) electrons. The van der Waals surface area contributed by atoms with Gasteiger partial charge in [0, 0.05) is 6.07 Å². The second-order valence-corrected chi connectivity index (χ2v) is 6.99. The van der Waals surface area contributed by atoms with Gasteiger partial charge in [-0.1, -0.05) is 16.5 Å². The maximum Gasteiger partial charge on any atom is 0.186 e. The van der Waals surface area contributed by atoms with Crippen LogP contribution in [0.1, 0.15) is 39.9 Å². The third kappa shape index (κ3) is 3.61. The summed E-state index contributed by atoms with van der Waals surface area (Å²) in [5, 5.41) is 3.72. The normalized spacial score (nSPS) is 15.2. The monoisotopic (exact) mass is 306 g/mol. The van der Waals surface area contributed by atoms with Gasteiger partial charge in [-0.15, -0.1) is 0 Å². The van der Waals surface area contributed by atoms with Crippen molar-refractivity contribution >= 4 is 33.0 Å². The number of hydrogen-bond acceptors (Lipinski definition) is 4. The van der Waals surface area contributed by atoms with E-state index in [-0.39, 0.29) is 4.75 Å². The molecule has 0 fully saturated rings. The minimum atomic E-state index is -1.27. The van der Waals surface area contributed by atoms with Crippen LogP contribution in [0.4, 0.5) is 0 Å². The zero-order chi connectivity index (χ0) is 12.3. The van der Waals surface area contributed by atoms with Crippen LogP contribution in [-0.4, -0.2) is 20.2 Å². The minimum Gasteiger partial charge on any atom is -0.591 e. The van der Waals surface area contributed by atoms with Crippen molar-refractivity contribution in [3.05, 3.63) is 16.4 Å². The number of nitrogens with zero attached hydrogens (tertiary/aromatic N) is 2. The molecule has 6 heteroatoms. The Labute approximate surface area is 107 Å². The molecule has 0 bridgehead atoms. The lowest BCUT2D eigenvalue weighted by atomic mass is 10.2. The molecule has 0 aliphatic heterocycles. The van der Waals surface area contributed by atoms with E-state index in [2.05, 4.69) is 25.5 Å². The fourth-order valence-electron chi connectivity index (χ4n) is 0.910. The average Bonchev–Trinajstić information content (AvgIpc) is 2.59. The molecular weight excluding hydrogens is 292 g/mol. The minimum absolute atomic E-state index is 0.363. The molecule has 1 aromatic heterocycles. The van der Waals surface area contributed by atoms with E-state index in [4.69, 9.17) is 4.52 Å². The van der Waals surface area contributed by atoms with Gasteiger partial charge in [0.25, 0.3) is 0 Å². The van der Waals surface area contributed by atoms with Gasteiger partial charge in [-0.05, 0) is 43.1 Å². The van der Waals surface area contributed by atoms with Crippen molar-refractivity contribution in [1.82, 2.24) is 5.16 Å². The highest BCUT2D eigenvalue weighted by Gasteiger charge is 2.27. The van der Waals surface area contributed by atoms with E-state index in [1.165, 1.54) is 0 Å². The Morgan fingerprint density at radius 2 is 2.25 bits per heavy atom. The first-order chi connectivity index (χ1) is 7.34. The molecule has 1 aromatic rings. The fourth-order valence-corrected chi connectivity index (χ4v) is 1.88. The van der Waals surface area contributed by atoms with Crippen LogP contribution in [-0.2, 0) is 11.4 Å². The highest BCUT2D eigenvalue weighted by atomic mass is 79.9. The summed E-state index contributed by atoms with van der Waals surface area (Å²) < 4.78 is 21.4. The number of aromatic nitrogens is 1. The summed E-state index contributed by atoms with van der Waals surface area (Å²) in [5.74, 6) is 0.562. The molecule has 1 heterocycles. The summed E-state index contributed by atoms with van der Waals surface area (Å²) >= 11 is 1.93. The van der Waals surface area contributed by atoms with Crippen molar-refractivity contribution in [2.45, 2.75) is 38.9 Å². The molecule has 1 rings (SSSR count). The van der Waals surface area contributed by atoms with E-state index in [1.807, 2.05) is 27.7 Å². The van der Waals surface area contributed by atoms with Crippen molar-refractivity contribution in [2.75, 3.05) is 0 Å². The first-order valence-corrected chi connectivity index (χ1v) is 6.86. The van der Waals surface area contributed by atoms with Crippen molar-refractivity contribution in [3.8, 4) is 0 Å². The standard InChI is InChI=1S/C10H15BrN2O2S/c1-5-7(8-6-9(11)12-15-8)13-16(14)10(2,3)4/h6H,5H2,1-4H3/b13-7+. The van der Waals surface area contributed by atoms with E-state index < -0.39 is 11.4 Å². The lowest BCUT2D eigenvalue weighted by Crippen LogP contribution is -2.27. The molecule has 90 valence electrons. The van der Waals surface area contributed by atoms with E-state index in [0.717, 1.165) is 0 Å². The molecule has 0 spiro atoms. The highest BCUT2D eigenvalue weighted by molar-refractivity contribution is 9.10. The van der Waals surface area contributed by atoms with Gasteiger partial charge in [-0.3, -0.25) is 0 Å². The molecule has 4 nitrogen and oxygen atoms in total. The number of halogens is 1. The Morgan fingerprint density at radius 1 is 1.62 bits per heavy atom. The zero-order valence-corrected chi connectivity index (χ0v) is 12.2. The lowest BCUT2D eigenvalue weighted by Gasteiger charge is -2.18. The summed E-state index contributed by atoms with van der Waals surface area (Å²) in [6.45, 7) is 7.59. The maximum absolute atomic E-state index is 11.9. The Kier molecular flexibility index (Phi) is 4.58. The summed E-state index contributed by atoms with van der Waals surface area (Å²) in [7, 11) is 0. The van der Waals surface area contributed by atoms with E-state index in [1.54, 1.807) is 6.07 Å². The Morgan fingerprint density at radius 3 is 2.62 bits per heavy atom. The number of hydrogen-bond donors (Lipinski definition) is 0. The summed E-state index contributed by atoms with van der Waals surface area (Å²) in [5.41, 5.74) is 0.673. The van der Waals surface area contributed by atoms with Gasteiger partial charge < -0.3 is 9.08 Å². The predicted octanol–water partition coefficient (Wildman–Crippen LogP) is 3.10. The topological polar surface area (TPSA) is 61.5 Å². The Bertz CT molecular complexity index is 384. The van der Waals surface area contributed by atoms with Crippen LogP contribution in [0, 0.1) is 0 Å². The van der Waals surface area contributed by atoms with Crippen LogP contribution < -0.4 is 0 Å². The van der Waals surface area contributed by atoms with Crippen LogP contribution in [0.25, 0.3) is 0 Å². The van der Waals surface area contributed by atoms with Crippen LogP contribution in [0.3, 0.4) is 0 Å². The summed E-state index contributed by atoms with van der Waals surface area (Å²) in [6.07, 6.45) is 0.656. The van der Waals surface area contributed by atoms with E-state index in [9.17, 15) is 4.55 Å². The highest BCUT2D eigenvalue weighted by Crippen LogP contribution is 2.20. The van der Waals surface area contributed by atoms with Gasteiger partial charge in [-0.2, -0.15) is 0 Å². The average molecular weight is 307 g/mol. The van der Waals surface area contributed by atoms with Crippen molar-refractivity contribution in [1.29, 1.82) is 0 Å². The van der Waals surface area contributed by atoms with E-state index >= 15 is 0 Å². The van der Waals surface area contributed by atoms with Crippen LogP contribution in [0.5, 0.6) is 0 Å². The quantitative estimate of drug-likeness (QED) is 0.637. The third-order valence-electron chi connectivity index (χ3n) is 1.82. The van der Waals surface area contributed by atoms with Crippen molar-refractivity contribution in [3.63, 3.8) is 0 Å². The van der Waals surface area contributed by atoms with Gasteiger partial charge in [0.05, 0.1) is 0 Å². The largest absolute Gasteiger partial charge is 0.591 e. The molecule has 0 N–H and O–H groups in total. The molecule has 0 amide bonds. The Balaban J connectivity index is 2.94. The molecule has 1 unspecified atom stereocenters. The SMILES string of the molecule is CC/C(=N\[S+]([O-])C(C)(C)C)c1cc(Br)no1. The third-order valence-corrected chi connectivity index (χ3v) is 3.63. The van der Waals surface area contributed by atoms with Crippen molar-refractivity contribution < 1.29 is 9.08 Å². The lowest BCUT2D eigenvalue weighted by molar-refractivity contribution is 0.408. The first-order valence-electron chi connectivity index (χ1n) is 4.96. The molecule has 0 saturated carbocycles. The van der Waals surface area contributed by atoms with Gasteiger partial charge >= 0.3 is 0 Å². The first kappa shape index (κ1) is 13.7. The predicted molar refractivity (Wildman–Crippen MR) is 68.9 cm³/mol. The summed E-state index contributed by atoms with van der Waals surface area (Å²) in [4.78, 5) is 0. The molecule has 0 aliphatic rings. The van der Waals surface area contributed by atoms with Gasteiger partial charge in [0.1, 0.15) is 26.4 Å². The maximum atomic E-state index is 11.9. The van der Waals surface area contributed by atoms with Crippen molar-refractivity contribution in [2.24, 2.45) is 4.40 Å². The van der Waals surface area contributed by atoms with Gasteiger partial charge in [0.2, 0.25) is 0 Å². The van der Waals surface area contributed by atoms with E-state index in [0.29, 0.717) is 22.5 Å². The molecule has 16 heavy (non-hydrogen) atoms. The zero-order valence-electron chi connectivity index (χ0n) is 9.78. The molecule has 1 atom stereocenters. The molecule has 0 saturated heterocycles. The smallest absolute Gasteiger partial charge is 0.186 e. The van der Waals surface area contributed by atoms with Gasteiger partial charge in [0.15, 0.2) is 5.76 Å². The van der Waals surface area contributed by atoms with Crippen LogP contribution in [0.2, 0.25) is 0 Å². The molecule has 0 aliphatic carbocycles. The number of rotatable bonds is 3. The van der Waals surface area contributed by atoms with Gasteiger partial charge in [-0.25, -0.2) is 0 Å². The van der Waals surface area contributed by atoms with Crippen LogP contribution in [0.15, 0.2) is 19.6 Å².